The summed E-state index contributed by atoms with van der Waals surface area (Å²) in [5.74, 6) is 1.75. The summed E-state index contributed by atoms with van der Waals surface area (Å²) in [6.45, 7) is 5.41. The highest BCUT2D eigenvalue weighted by Crippen LogP contribution is 2.36. The van der Waals surface area contributed by atoms with Crippen LogP contribution in [0.3, 0.4) is 0 Å². The second kappa shape index (κ2) is 7.31. The van der Waals surface area contributed by atoms with Gasteiger partial charge < -0.3 is 14.8 Å². The molecule has 0 bridgehead atoms. The Kier molecular flexibility index (Phi) is 5.73. The summed E-state index contributed by atoms with van der Waals surface area (Å²) < 4.78 is 11.3. The number of thioether (sulfide) groups is 2. The third-order valence-electron chi connectivity index (χ3n) is 3.09. The smallest absolute Gasteiger partial charge is 0.162 e. The van der Waals surface area contributed by atoms with E-state index < -0.39 is 0 Å². The van der Waals surface area contributed by atoms with E-state index in [4.69, 9.17) is 9.47 Å². The Bertz CT molecular complexity index is 426. The van der Waals surface area contributed by atoms with Gasteiger partial charge >= 0.3 is 0 Å². The molecule has 0 radical (unpaired) electrons. The minimum Gasteiger partial charge on any atom is -0.486 e. The van der Waals surface area contributed by atoms with E-state index in [1.807, 2.05) is 11.8 Å². The first-order valence-electron chi connectivity index (χ1n) is 6.44. The molecule has 1 aliphatic heterocycles. The lowest BCUT2D eigenvalue weighted by Crippen LogP contribution is -2.22. The van der Waals surface area contributed by atoms with Crippen LogP contribution in [0.1, 0.15) is 12.5 Å². The lowest BCUT2D eigenvalue weighted by atomic mass is 10.2. The molecular formula is C14H21NO2S2. The summed E-state index contributed by atoms with van der Waals surface area (Å²) in [4.78, 5) is 1.26. The van der Waals surface area contributed by atoms with Crippen molar-refractivity contribution < 1.29 is 9.47 Å². The summed E-state index contributed by atoms with van der Waals surface area (Å²) in [5.41, 5.74) is 1.28. The molecule has 19 heavy (non-hydrogen) atoms. The molecule has 1 aromatic carbocycles. The predicted molar refractivity (Wildman–Crippen MR) is 83.9 cm³/mol. The lowest BCUT2D eigenvalue weighted by Gasteiger charge is -2.21. The van der Waals surface area contributed by atoms with Crippen LogP contribution in [0.5, 0.6) is 11.5 Å². The maximum Gasteiger partial charge on any atom is 0.162 e. The topological polar surface area (TPSA) is 30.5 Å². The minimum absolute atomic E-state index is 0.634. The van der Waals surface area contributed by atoms with Crippen LogP contribution in [0.25, 0.3) is 0 Å². The van der Waals surface area contributed by atoms with Gasteiger partial charge in [0.25, 0.3) is 0 Å². The molecular weight excluding hydrogens is 278 g/mol. The van der Waals surface area contributed by atoms with Crippen LogP contribution in [0.15, 0.2) is 17.0 Å². The molecule has 0 amide bonds. The maximum atomic E-state index is 5.65. The molecule has 0 spiro atoms. The Morgan fingerprint density at radius 3 is 2.53 bits per heavy atom. The van der Waals surface area contributed by atoms with E-state index >= 15 is 0 Å². The quantitative estimate of drug-likeness (QED) is 0.816. The minimum atomic E-state index is 0.634. The van der Waals surface area contributed by atoms with Crippen molar-refractivity contribution in [2.45, 2.75) is 23.6 Å². The molecule has 3 nitrogen and oxygen atoms in total. The van der Waals surface area contributed by atoms with Gasteiger partial charge in [0, 0.05) is 23.2 Å². The van der Waals surface area contributed by atoms with E-state index in [9.17, 15) is 0 Å². The van der Waals surface area contributed by atoms with Gasteiger partial charge in [-0.2, -0.15) is 11.8 Å². The monoisotopic (exact) mass is 299 g/mol. The van der Waals surface area contributed by atoms with Gasteiger partial charge in [0.15, 0.2) is 11.5 Å². The van der Waals surface area contributed by atoms with Crippen molar-refractivity contribution in [1.82, 2.24) is 5.32 Å². The number of rotatable bonds is 6. The highest BCUT2D eigenvalue weighted by molar-refractivity contribution is 7.99. The molecule has 0 saturated heterocycles. The molecule has 1 N–H and O–H groups in total. The first-order chi connectivity index (χ1) is 9.24. The fourth-order valence-corrected chi connectivity index (χ4v) is 2.84. The van der Waals surface area contributed by atoms with Gasteiger partial charge in [0.2, 0.25) is 0 Å². The Balaban J connectivity index is 2.06. The van der Waals surface area contributed by atoms with Gasteiger partial charge in [-0.1, -0.05) is 6.92 Å². The molecule has 106 valence electrons. The highest BCUT2D eigenvalue weighted by Gasteiger charge is 2.15. The fourth-order valence-electron chi connectivity index (χ4n) is 1.93. The zero-order chi connectivity index (χ0) is 13.7. The Labute approximate surface area is 123 Å². The standard InChI is InChI=1S/C14H21NO2S2/c1-10(18-2)8-15-9-11-6-12-13(7-14(11)19-3)17-5-4-16-12/h6-7,10,15H,4-5,8-9H2,1-3H3. The Hall–Kier alpha value is -0.520. The van der Waals surface area contributed by atoms with Crippen LogP contribution in [-0.2, 0) is 6.54 Å². The van der Waals surface area contributed by atoms with Crippen molar-refractivity contribution in [3.63, 3.8) is 0 Å². The number of hydrogen-bond acceptors (Lipinski definition) is 5. The van der Waals surface area contributed by atoms with Crippen LogP contribution in [0.4, 0.5) is 0 Å². The predicted octanol–water partition coefficient (Wildman–Crippen LogP) is 3.02. The third kappa shape index (κ3) is 3.97. The molecule has 5 heteroatoms. The number of ether oxygens (including phenoxy) is 2. The van der Waals surface area contributed by atoms with E-state index in [0.717, 1.165) is 24.6 Å². The molecule has 0 aromatic heterocycles. The van der Waals surface area contributed by atoms with Gasteiger partial charge in [-0.15, -0.1) is 11.8 Å². The zero-order valence-corrected chi connectivity index (χ0v) is 13.3. The average Bonchev–Trinajstić information content (AvgIpc) is 2.46. The molecule has 0 aliphatic carbocycles. The normalized spacial score (nSPS) is 15.3. The summed E-state index contributed by atoms with van der Waals surface area (Å²) in [7, 11) is 0. The van der Waals surface area contributed by atoms with Crippen LogP contribution in [-0.4, -0.2) is 37.5 Å². The van der Waals surface area contributed by atoms with Crippen LogP contribution < -0.4 is 14.8 Å². The number of nitrogens with one attached hydrogen (secondary N) is 1. The Morgan fingerprint density at radius 2 is 1.89 bits per heavy atom. The second-order valence-electron chi connectivity index (χ2n) is 4.48. The van der Waals surface area contributed by atoms with Gasteiger partial charge in [-0.25, -0.2) is 0 Å². The largest absolute Gasteiger partial charge is 0.486 e. The average molecular weight is 299 g/mol. The van der Waals surface area contributed by atoms with Crippen molar-refractivity contribution in [3.8, 4) is 11.5 Å². The van der Waals surface area contributed by atoms with E-state index in [2.05, 4.69) is 36.9 Å². The summed E-state index contributed by atoms with van der Waals surface area (Å²) in [5, 5.41) is 4.14. The van der Waals surface area contributed by atoms with E-state index in [0.29, 0.717) is 18.5 Å². The van der Waals surface area contributed by atoms with Crippen LogP contribution >= 0.6 is 23.5 Å². The molecule has 0 fully saturated rings. The SMILES string of the molecule is CSc1cc2c(cc1CNCC(C)SC)OCCO2. The van der Waals surface area contributed by atoms with Gasteiger partial charge in [0.1, 0.15) is 13.2 Å². The van der Waals surface area contributed by atoms with Crippen molar-refractivity contribution in [2.24, 2.45) is 0 Å². The van der Waals surface area contributed by atoms with E-state index in [1.54, 1.807) is 11.8 Å². The van der Waals surface area contributed by atoms with Gasteiger partial charge in [0.05, 0.1) is 0 Å². The molecule has 1 heterocycles. The number of hydrogen-bond donors (Lipinski definition) is 1. The van der Waals surface area contributed by atoms with Crippen LogP contribution in [0, 0.1) is 0 Å². The van der Waals surface area contributed by atoms with Crippen molar-refractivity contribution in [2.75, 3.05) is 32.3 Å². The lowest BCUT2D eigenvalue weighted by molar-refractivity contribution is 0.171. The first-order valence-corrected chi connectivity index (χ1v) is 8.96. The molecule has 1 aliphatic rings. The maximum absolute atomic E-state index is 5.65. The first kappa shape index (κ1) is 14.9. The summed E-state index contributed by atoms with van der Waals surface area (Å²) in [6, 6.07) is 4.20. The number of benzene rings is 1. The van der Waals surface area contributed by atoms with E-state index in [1.165, 1.54) is 10.5 Å². The summed E-state index contributed by atoms with van der Waals surface area (Å²) >= 11 is 3.63. The van der Waals surface area contributed by atoms with Gasteiger partial charge in [-0.05, 0) is 30.2 Å². The molecule has 2 rings (SSSR count). The van der Waals surface area contributed by atoms with Crippen molar-refractivity contribution in [3.05, 3.63) is 17.7 Å². The number of fused-ring (bicyclic) bond motifs is 1. The highest BCUT2D eigenvalue weighted by atomic mass is 32.2. The second-order valence-corrected chi connectivity index (χ2v) is 6.61. The van der Waals surface area contributed by atoms with Crippen molar-refractivity contribution in [1.29, 1.82) is 0 Å². The zero-order valence-electron chi connectivity index (χ0n) is 11.7. The van der Waals surface area contributed by atoms with E-state index in [-0.39, 0.29) is 0 Å². The third-order valence-corrected chi connectivity index (χ3v) is 4.89. The van der Waals surface area contributed by atoms with Crippen LogP contribution in [0.2, 0.25) is 0 Å². The summed E-state index contributed by atoms with van der Waals surface area (Å²) in [6.07, 6.45) is 4.24. The van der Waals surface area contributed by atoms with Crippen molar-refractivity contribution >= 4 is 23.5 Å². The molecule has 1 atom stereocenters. The Morgan fingerprint density at radius 1 is 1.21 bits per heavy atom. The molecule has 0 saturated carbocycles. The van der Waals surface area contributed by atoms with Gasteiger partial charge in [-0.3, -0.25) is 0 Å². The molecule has 1 unspecified atom stereocenters. The fraction of sp³-hybridized carbons (Fsp3) is 0.571. The molecule has 1 aromatic rings.